The van der Waals surface area contributed by atoms with Crippen molar-refractivity contribution in [3.63, 3.8) is 0 Å². The van der Waals surface area contributed by atoms with Crippen molar-refractivity contribution in [3.05, 3.63) is 29.8 Å². The maximum atomic E-state index is 12.5. The standard InChI is InChI=1S/C17H21N3O3S/c18-15(21)8-11-4-6-13(7-5-11)19-16(22)14-9-24-10-20(14)17(23)12-2-1-3-12/h4-7,12,14H,1-3,8-10H2,(H2,18,21)(H,19,22)/t14-/m0/s1. The van der Waals surface area contributed by atoms with Crippen molar-refractivity contribution >= 4 is 35.2 Å². The second-order valence-corrected chi connectivity index (χ2v) is 7.28. The van der Waals surface area contributed by atoms with Crippen molar-refractivity contribution in [2.75, 3.05) is 16.9 Å². The van der Waals surface area contributed by atoms with Crippen molar-refractivity contribution in [1.29, 1.82) is 0 Å². The zero-order chi connectivity index (χ0) is 17.1. The number of amides is 3. The second-order valence-electron chi connectivity index (χ2n) is 6.28. The number of nitrogens with two attached hydrogens (primary N) is 1. The molecule has 2 aliphatic rings. The number of hydrogen-bond donors (Lipinski definition) is 2. The third-order valence-electron chi connectivity index (χ3n) is 4.52. The van der Waals surface area contributed by atoms with Crippen LogP contribution in [-0.4, -0.2) is 40.3 Å². The average Bonchev–Trinajstić information content (AvgIpc) is 2.96. The third-order valence-corrected chi connectivity index (χ3v) is 5.53. The van der Waals surface area contributed by atoms with Gasteiger partial charge in [0.1, 0.15) is 6.04 Å². The molecule has 0 aromatic heterocycles. The fourth-order valence-corrected chi connectivity index (χ4v) is 4.06. The van der Waals surface area contributed by atoms with E-state index in [2.05, 4.69) is 5.32 Å². The highest BCUT2D eigenvalue weighted by Gasteiger charge is 2.39. The predicted molar refractivity (Wildman–Crippen MR) is 93.3 cm³/mol. The van der Waals surface area contributed by atoms with Gasteiger partial charge in [0.05, 0.1) is 12.3 Å². The molecule has 7 heteroatoms. The van der Waals surface area contributed by atoms with Crippen LogP contribution in [0.15, 0.2) is 24.3 Å². The van der Waals surface area contributed by atoms with E-state index in [0.717, 1.165) is 24.8 Å². The Hall–Kier alpha value is -2.02. The zero-order valence-electron chi connectivity index (χ0n) is 13.4. The van der Waals surface area contributed by atoms with Crippen LogP contribution >= 0.6 is 11.8 Å². The Bertz CT molecular complexity index is 643. The van der Waals surface area contributed by atoms with Gasteiger partial charge >= 0.3 is 0 Å². The summed E-state index contributed by atoms with van der Waals surface area (Å²) in [4.78, 5) is 37.6. The molecule has 3 amide bonds. The van der Waals surface area contributed by atoms with Gasteiger partial charge in [0.25, 0.3) is 0 Å². The molecule has 6 nitrogen and oxygen atoms in total. The molecule has 0 spiro atoms. The molecular formula is C17H21N3O3S. The number of nitrogens with zero attached hydrogens (tertiary/aromatic N) is 1. The van der Waals surface area contributed by atoms with Crippen LogP contribution in [0.1, 0.15) is 24.8 Å². The van der Waals surface area contributed by atoms with E-state index in [9.17, 15) is 14.4 Å². The Morgan fingerprint density at radius 1 is 1.21 bits per heavy atom. The Kier molecular flexibility index (Phi) is 5.08. The molecule has 3 N–H and O–H groups in total. The first kappa shape index (κ1) is 16.8. The lowest BCUT2D eigenvalue weighted by Crippen LogP contribution is -2.47. The summed E-state index contributed by atoms with van der Waals surface area (Å²) < 4.78 is 0. The topological polar surface area (TPSA) is 92.5 Å². The number of carbonyl (C=O) groups excluding carboxylic acids is 3. The van der Waals surface area contributed by atoms with Gasteiger partial charge in [-0.2, -0.15) is 0 Å². The number of primary amides is 1. The Morgan fingerprint density at radius 3 is 2.50 bits per heavy atom. The van der Waals surface area contributed by atoms with E-state index in [1.807, 2.05) is 0 Å². The van der Waals surface area contributed by atoms with Gasteiger partial charge in [-0.25, -0.2) is 0 Å². The smallest absolute Gasteiger partial charge is 0.248 e. The molecule has 1 saturated carbocycles. The maximum Gasteiger partial charge on any atom is 0.248 e. The number of carbonyl (C=O) groups is 3. The van der Waals surface area contributed by atoms with Crippen molar-refractivity contribution in [3.8, 4) is 0 Å². The first-order valence-electron chi connectivity index (χ1n) is 8.11. The first-order valence-corrected chi connectivity index (χ1v) is 9.26. The molecule has 24 heavy (non-hydrogen) atoms. The van der Waals surface area contributed by atoms with Crippen LogP contribution in [0.3, 0.4) is 0 Å². The van der Waals surface area contributed by atoms with E-state index >= 15 is 0 Å². The fraction of sp³-hybridized carbons (Fsp3) is 0.471. The van der Waals surface area contributed by atoms with Gasteiger partial charge in [0.2, 0.25) is 17.7 Å². The summed E-state index contributed by atoms with van der Waals surface area (Å²) in [5.74, 6) is 0.889. The molecule has 0 unspecified atom stereocenters. The molecular weight excluding hydrogens is 326 g/mol. The second kappa shape index (κ2) is 7.25. The highest BCUT2D eigenvalue weighted by Crippen LogP contribution is 2.32. The van der Waals surface area contributed by atoms with Gasteiger partial charge in [-0.1, -0.05) is 18.6 Å². The van der Waals surface area contributed by atoms with Crippen molar-refractivity contribution in [2.45, 2.75) is 31.7 Å². The molecule has 1 aromatic carbocycles. The van der Waals surface area contributed by atoms with Gasteiger partial charge < -0.3 is 16.0 Å². The van der Waals surface area contributed by atoms with Crippen molar-refractivity contribution in [2.24, 2.45) is 11.7 Å². The predicted octanol–water partition coefficient (Wildman–Crippen LogP) is 1.35. The number of anilines is 1. The van der Waals surface area contributed by atoms with Crippen LogP contribution in [0.4, 0.5) is 5.69 Å². The third kappa shape index (κ3) is 3.72. The van der Waals surface area contributed by atoms with Gasteiger partial charge in [-0.05, 0) is 30.5 Å². The lowest BCUT2D eigenvalue weighted by Gasteiger charge is -2.31. The maximum absolute atomic E-state index is 12.5. The monoisotopic (exact) mass is 347 g/mol. The Morgan fingerprint density at radius 2 is 1.92 bits per heavy atom. The van der Waals surface area contributed by atoms with Gasteiger partial charge in [-0.15, -0.1) is 11.8 Å². The molecule has 1 atom stereocenters. The minimum absolute atomic E-state index is 0.104. The quantitative estimate of drug-likeness (QED) is 0.841. The van der Waals surface area contributed by atoms with Crippen LogP contribution in [0.2, 0.25) is 0 Å². The normalized spacial score (nSPS) is 20.5. The molecule has 1 heterocycles. The van der Waals surface area contributed by atoms with E-state index in [4.69, 9.17) is 5.73 Å². The largest absolute Gasteiger partial charge is 0.369 e. The Labute approximate surface area is 145 Å². The number of thioether (sulfide) groups is 1. The van der Waals surface area contributed by atoms with E-state index in [-0.39, 0.29) is 30.1 Å². The SMILES string of the molecule is NC(=O)Cc1ccc(NC(=O)[C@@H]2CSCN2C(=O)C2CCC2)cc1. The summed E-state index contributed by atoms with van der Waals surface area (Å²) in [6, 6.07) is 6.61. The van der Waals surface area contributed by atoms with Crippen LogP contribution < -0.4 is 11.1 Å². The molecule has 2 fully saturated rings. The number of benzene rings is 1. The average molecular weight is 347 g/mol. The van der Waals surface area contributed by atoms with Gasteiger partial charge in [-0.3, -0.25) is 14.4 Å². The molecule has 1 aliphatic carbocycles. The molecule has 1 saturated heterocycles. The van der Waals surface area contributed by atoms with Crippen molar-refractivity contribution in [1.82, 2.24) is 4.90 Å². The summed E-state index contributed by atoms with van der Waals surface area (Å²) in [5.41, 5.74) is 6.62. The lowest BCUT2D eigenvalue weighted by atomic mass is 9.84. The molecule has 1 aromatic rings. The first-order chi connectivity index (χ1) is 11.5. The van der Waals surface area contributed by atoms with Crippen LogP contribution in [0.25, 0.3) is 0 Å². The molecule has 128 valence electrons. The highest BCUT2D eigenvalue weighted by molar-refractivity contribution is 7.99. The van der Waals surface area contributed by atoms with Gasteiger partial charge in [0, 0.05) is 17.4 Å². The van der Waals surface area contributed by atoms with Gasteiger partial charge in [0.15, 0.2) is 0 Å². The van der Waals surface area contributed by atoms with Crippen LogP contribution in [0.5, 0.6) is 0 Å². The van der Waals surface area contributed by atoms with Crippen LogP contribution in [-0.2, 0) is 20.8 Å². The van der Waals surface area contributed by atoms with E-state index < -0.39 is 6.04 Å². The number of rotatable bonds is 5. The van der Waals surface area contributed by atoms with Crippen LogP contribution in [0, 0.1) is 5.92 Å². The summed E-state index contributed by atoms with van der Waals surface area (Å²) in [5, 5.41) is 2.86. The van der Waals surface area contributed by atoms with Crippen molar-refractivity contribution < 1.29 is 14.4 Å². The molecule has 0 bridgehead atoms. The number of hydrogen-bond acceptors (Lipinski definition) is 4. The van der Waals surface area contributed by atoms with E-state index in [1.165, 1.54) is 0 Å². The molecule has 0 radical (unpaired) electrons. The minimum atomic E-state index is -0.409. The number of nitrogens with one attached hydrogen (secondary N) is 1. The zero-order valence-corrected chi connectivity index (χ0v) is 14.2. The summed E-state index contributed by atoms with van der Waals surface area (Å²) in [6.45, 7) is 0. The summed E-state index contributed by atoms with van der Waals surface area (Å²) in [7, 11) is 0. The fourth-order valence-electron chi connectivity index (χ4n) is 2.90. The summed E-state index contributed by atoms with van der Waals surface area (Å²) >= 11 is 1.61. The van der Waals surface area contributed by atoms with E-state index in [0.29, 0.717) is 17.3 Å². The highest BCUT2D eigenvalue weighted by atomic mass is 32.2. The Balaban J connectivity index is 1.61. The lowest BCUT2D eigenvalue weighted by molar-refractivity contribution is -0.141. The molecule has 1 aliphatic heterocycles. The summed E-state index contributed by atoms with van der Waals surface area (Å²) in [6.07, 6.45) is 3.16. The minimum Gasteiger partial charge on any atom is -0.369 e. The van der Waals surface area contributed by atoms with E-state index in [1.54, 1.807) is 40.9 Å². The molecule has 3 rings (SSSR count).